The second-order valence-electron chi connectivity index (χ2n) is 4.02. The Morgan fingerprint density at radius 2 is 2.00 bits per heavy atom. The lowest BCUT2D eigenvalue weighted by molar-refractivity contribution is -0.137. The van der Waals surface area contributed by atoms with Gasteiger partial charge in [-0.3, -0.25) is 4.79 Å². The standard InChI is InChI=1S/C12H17NO5S/c1-18-12(15)9-19(16,17)13-11(8-14)7-10-5-3-2-4-6-10/h2-6,11,13-14H,7-9H2,1H3. The van der Waals surface area contributed by atoms with Gasteiger partial charge in [-0.2, -0.15) is 0 Å². The van der Waals surface area contributed by atoms with Crippen molar-refractivity contribution in [2.45, 2.75) is 12.5 Å². The molecule has 7 heteroatoms. The fourth-order valence-electron chi connectivity index (χ4n) is 1.55. The van der Waals surface area contributed by atoms with Crippen LogP contribution in [0.2, 0.25) is 0 Å². The van der Waals surface area contributed by atoms with Gasteiger partial charge in [0, 0.05) is 6.04 Å². The summed E-state index contributed by atoms with van der Waals surface area (Å²) in [5, 5.41) is 9.20. The van der Waals surface area contributed by atoms with E-state index in [9.17, 15) is 18.3 Å². The third-order valence-corrected chi connectivity index (χ3v) is 3.74. The molecule has 1 aromatic carbocycles. The van der Waals surface area contributed by atoms with Gasteiger partial charge in [0.1, 0.15) is 0 Å². The van der Waals surface area contributed by atoms with Crippen molar-refractivity contribution in [3.63, 3.8) is 0 Å². The van der Waals surface area contributed by atoms with Crippen molar-refractivity contribution in [1.29, 1.82) is 0 Å². The summed E-state index contributed by atoms with van der Waals surface area (Å²) < 4.78 is 29.8. The third-order valence-electron chi connectivity index (χ3n) is 2.43. The molecular weight excluding hydrogens is 270 g/mol. The molecule has 1 aromatic rings. The van der Waals surface area contributed by atoms with Gasteiger partial charge in [0.05, 0.1) is 13.7 Å². The highest BCUT2D eigenvalue weighted by Crippen LogP contribution is 2.04. The Labute approximate surface area is 112 Å². The lowest BCUT2D eigenvalue weighted by atomic mass is 10.1. The summed E-state index contributed by atoms with van der Waals surface area (Å²) >= 11 is 0. The summed E-state index contributed by atoms with van der Waals surface area (Å²) in [7, 11) is -2.69. The van der Waals surface area contributed by atoms with Crippen molar-refractivity contribution < 1.29 is 23.1 Å². The fourth-order valence-corrected chi connectivity index (χ4v) is 2.73. The summed E-state index contributed by atoms with van der Waals surface area (Å²) in [6.45, 7) is -0.352. The fraction of sp³-hybridized carbons (Fsp3) is 0.417. The van der Waals surface area contributed by atoms with Crippen LogP contribution in [0.15, 0.2) is 30.3 Å². The number of esters is 1. The summed E-state index contributed by atoms with van der Waals surface area (Å²) in [6, 6.07) is 8.49. The zero-order chi connectivity index (χ0) is 14.3. The van der Waals surface area contributed by atoms with E-state index in [1.54, 1.807) is 0 Å². The maximum Gasteiger partial charge on any atom is 0.322 e. The molecule has 0 heterocycles. The first-order valence-electron chi connectivity index (χ1n) is 5.68. The molecule has 0 aliphatic rings. The Bertz CT molecular complexity index is 500. The second-order valence-corrected chi connectivity index (χ2v) is 5.78. The highest BCUT2D eigenvalue weighted by molar-refractivity contribution is 7.90. The highest BCUT2D eigenvalue weighted by Gasteiger charge is 2.21. The van der Waals surface area contributed by atoms with Crippen LogP contribution in [0.5, 0.6) is 0 Å². The van der Waals surface area contributed by atoms with E-state index in [-0.39, 0.29) is 6.61 Å². The van der Waals surface area contributed by atoms with Crippen LogP contribution in [0, 0.1) is 0 Å². The monoisotopic (exact) mass is 287 g/mol. The number of rotatable bonds is 7. The zero-order valence-corrected chi connectivity index (χ0v) is 11.4. The molecule has 6 nitrogen and oxygen atoms in total. The maximum absolute atomic E-state index is 11.6. The van der Waals surface area contributed by atoms with Crippen molar-refractivity contribution in [3.05, 3.63) is 35.9 Å². The van der Waals surface area contributed by atoms with Crippen molar-refractivity contribution in [1.82, 2.24) is 4.72 Å². The van der Waals surface area contributed by atoms with Crippen LogP contribution in [0.1, 0.15) is 5.56 Å². The van der Waals surface area contributed by atoms with Gasteiger partial charge in [-0.15, -0.1) is 0 Å². The normalized spacial score (nSPS) is 12.9. The van der Waals surface area contributed by atoms with Gasteiger partial charge in [0.15, 0.2) is 5.75 Å². The molecule has 0 saturated carbocycles. The van der Waals surface area contributed by atoms with Crippen molar-refractivity contribution in [2.24, 2.45) is 0 Å². The Morgan fingerprint density at radius 1 is 1.37 bits per heavy atom. The van der Waals surface area contributed by atoms with Crippen LogP contribution in [0.25, 0.3) is 0 Å². The van der Waals surface area contributed by atoms with E-state index in [4.69, 9.17) is 0 Å². The minimum Gasteiger partial charge on any atom is -0.468 e. The summed E-state index contributed by atoms with van der Waals surface area (Å²) in [5.74, 6) is -1.60. The predicted molar refractivity (Wildman–Crippen MR) is 70.0 cm³/mol. The molecule has 0 radical (unpaired) electrons. The molecule has 2 N–H and O–H groups in total. The van der Waals surface area contributed by atoms with Gasteiger partial charge < -0.3 is 9.84 Å². The lowest BCUT2D eigenvalue weighted by Gasteiger charge is -2.16. The number of benzene rings is 1. The summed E-state index contributed by atoms with van der Waals surface area (Å²) in [6.07, 6.45) is 0.345. The van der Waals surface area contributed by atoms with Gasteiger partial charge in [0.2, 0.25) is 10.0 Å². The molecular formula is C12H17NO5S. The molecule has 0 aliphatic carbocycles. The van der Waals surface area contributed by atoms with Crippen LogP contribution in [-0.4, -0.2) is 45.0 Å². The number of methoxy groups -OCH3 is 1. The quantitative estimate of drug-likeness (QED) is 0.671. The van der Waals surface area contributed by atoms with E-state index in [1.807, 2.05) is 30.3 Å². The maximum atomic E-state index is 11.6. The van der Waals surface area contributed by atoms with Crippen molar-refractivity contribution in [2.75, 3.05) is 19.5 Å². The summed E-state index contributed by atoms with van der Waals surface area (Å²) in [5.41, 5.74) is 0.891. The molecule has 1 atom stereocenters. The van der Waals surface area contributed by atoms with Gasteiger partial charge in [-0.1, -0.05) is 30.3 Å². The predicted octanol–water partition coefficient (Wildman–Crippen LogP) is -0.318. The van der Waals surface area contributed by atoms with Crippen LogP contribution in [-0.2, 0) is 26.0 Å². The lowest BCUT2D eigenvalue weighted by Crippen LogP contribution is -2.41. The van der Waals surface area contributed by atoms with Crippen molar-refractivity contribution >= 4 is 16.0 Å². The average molecular weight is 287 g/mol. The largest absolute Gasteiger partial charge is 0.468 e. The smallest absolute Gasteiger partial charge is 0.322 e. The van der Waals surface area contributed by atoms with Gasteiger partial charge >= 0.3 is 5.97 Å². The Kier molecular flexibility index (Phi) is 5.94. The average Bonchev–Trinajstić information content (AvgIpc) is 2.38. The minimum atomic E-state index is -3.81. The van der Waals surface area contributed by atoms with E-state index in [0.717, 1.165) is 12.7 Å². The molecule has 0 aliphatic heterocycles. The second kappa shape index (κ2) is 7.22. The number of carbonyl (C=O) groups excluding carboxylic acids is 1. The van der Waals surface area contributed by atoms with Gasteiger partial charge in [-0.05, 0) is 12.0 Å². The summed E-state index contributed by atoms with van der Waals surface area (Å²) in [4.78, 5) is 11.0. The van der Waals surface area contributed by atoms with Crippen LogP contribution >= 0.6 is 0 Å². The molecule has 1 unspecified atom stereocenters. The first-order chi connectivity index (χ1) is 8.96. The molecule has 0 amide bonds. The van der Waals surface area contributed by atoms with Gasteiger partial charge in [0.25, 0.3) is 0 Å². The van der Waals surface area contributed by atoms with E-state index in [0.29, 0.717) is 6.42 Å². The van der Waals surface area contributed by atoms with Crippen molar-refractivity contribution in [3.8, 4) is 0 Å². The Hall–Kier alpha value is -1.44. The molecule has 1 rings (SSSR count). The first-order valence-corrected chi connectivity index (χ1v) is 7.33. The number of aliphatic hydroxyl groups is 1. The Balaban J connectivity index is 2.64. The van der Waals surface area contributed by atoms with Gasteiger partial charge in [-0.25, -0.2) is 13.1 Å². The molecule has 0 bridgehead atoms. The number of carbonyl (C=O) groups is 1. The minimum absolute atomic E-state index is 0.345. The van der Waals surface area contributed by atoms with Crippen LogP contribution in [0.3, 0.4) is 0 Å². The molecule has 106 valence electrons. The SMILES string of the molecule is COC(=O)CS(=O)(=O)NC(CO)Cc1ccccc1. The number of hydrogen-bond donors (Lipinski definition) is 2. The van der Waals surface area contributed by atoms with E-state index < -0.39 is 27.8 Å². The van der Waals surface area contributed by atoms with Crippen LogP contribution in [0.4, 0.5) is 0 Å². The van der Waals surface area contributed by atoms with E-state index in [1.165, 1.54) is 0 Å². The first kappa shape index (κ1) is 15.6. The highest BCUT2D eigenvalue weighted by atomic mass is 32.2. The zero-order valence-electron chi connectivity index (χ0n) is 10.6. The topological polar surface area (TPSA) is 92.7 Å². The molecule has 0 fully saturated rings. The number of sulfonamides is 1. The molecule has 0 aromatic heterocycles. The molecule has 19 heavy (non-hydrogen) atoms. The number of hydrogen-bond acceptors (Lipinski definition) is 5. The van der Waals surface area contributed by atoms with E-state index >= 15 is 0 Å². The number of ether oxygens (including phenoxy) is 1. The van der Waals surface area contributed by atoms with E-state index in [2.05, 4.69) is 9.46 Å². The third kappa shape index (κ3) is 5.82. The number of nitrogens with one attached hydrogen (secondary N) is 1. The van der Waals surface area contributed by atoms with Crippen LogP contribution < -0.4 is 4.72 Å². The molecule has 0 spiro atoms. The molecule has 0 saturated heterocycles. The number of aliphatic hydroxyl groups excluding tert-OH is 1. The Morgan fingerprint density at radius 3 is 2.53 bits per heavy atom.